The lowest BCUT2D eigenvalue weighted by molar-refractivity contribution is -0.117. The summed E-state index contributed by atoms with van der Waals surface area (Å²) in [6.07, 6.45) is 2.11. The van der Waals surface area contributed by atoms with Crippen molar-refractivity contribution < 1.29 is 9.59 Å². The van der Waals surface area contributed by atoms with E-state index in [0.29, 0.717) is 23.8 Å². The molecule has 0 unspecified atom stereocenters. The zero-order valence-corrected chi connectivity index (χ0v) is 16.9. The largest absolute Gasteiger partial charge is 0.369 e. The molecule has 0 atom stereocenters. The second-order valence-corrected chi connectivity index (χ2v) is 7.98. The van der Waals surface area contributed by atoms with Gasteiger partial charge in [0.2, 0.25) is 5.91 Å². The van der Waals surface area contributed by atoms with E-state index in [9.17, 15) is 9.59 Å². The van der Waals surface area contributed by atoms with Gasteiger partial charge in [-0.05, 0) is 55.7 Å². The van der Waals surface area contributed by atoms with Gasteiger partial charge in [0, 0.05) is 49.2 Å². The third-order valence-electron chi connectivity index (χ3n) is 5.43. The molecular weight excluding hydrogens is 364 g/mol. The quantitative estimate of drug-likeness (QED) is 0.793. The number of piperazine rings is 1. The summed E-state index contributed by atoms with van der Waals surface area (Å²) in [5.74, 6) is -0.121. The predicted octanol–water partition coefficient (Wildman–Crippen LogP) is 2.65. The van der Waals surface area contributed by atoms with Gasteiger partial charge in [-0.1, -0.05) is 18.2 Å². The summed E-state index contributed by atoms with van der Waals surface area (Å²) >= 11 is 0. The highest BCUT2D eigenvalue weighted by Gasteiger charge is 2.24. The molecule has 0 aromatic heterocycles. The van der Waals surface area contributed by atoms with Gasteiger partial charge in [0.05, 0.1) is 6.54 Å². The Morgan fingerprint density at radius 1 is 1.00 bits per heavy atom. The van der Waals surface area contributed by atoms with E-state index in [1.165, 1.54) is 11.3 Å². The lowest BCUT2D eigenvalue weighted by atomic mass is 10.2. The molecular formula is C23H28N4O2. The zero-order chi connectivity index (χ0) is 20.2. The summed E-state index contributed by atoms with van der Waals surface area (Å²) in [6, 6.07) is 16.0. The molecule has 4 rings (SSSR count). The fourth-order valence-corrected chi connectivity index (χ4v) is 3.63. The first-order valence-electron chi connectivity index (χ1n) is 10.3. The third kappa shape index (κ3) is 5.35. The minimum absolute atomic E-state index is 0.0474. The molecule has 2 aromatic carbocycles. The van der Waals surface area contributed by atoms with Crippen molar-refractivity contribution in [2.24, 2.45) is 0 Å². The topological polar surface area (TPSA) is 64.7 Å². The maximum atomic E-state index is 12.5. The molecule has 0 spiro atoms. The van der Waals surface area contributed by atoms with Crippen LogP contribution in [0.2, 0.25) is 0 Å². The van der Waals surface area contributed by atoms with E-state index >= 15 is 0 Å². The molecule has 0 bridgehead atoms. The lowest BCUT2D eigenvalue weighted by Gasteiger charge is -2.35. The van der Waals surface area contributed by atoms with E-state index in [-0.39, 0.29) is 11.8 Å². The third-order valence-corrected chi connectivity index (χ3v) is 5.43. The van der Waals surface area contributed by atoms with Crippen molar-refractivity contribution in [2.45, 2.75) is 25.8 Å². The van der Waals surface area contributed by atoms with Crippen LogP contribution in [0.5, 0.6) is 0 Å². The van der Waals surface area contributed by atoms with Crippen LogP contribution in [0.3, 0.4) is 0 Å². The maximum Gasteiger partial charge on any atom is 0.251 e. The minimum atomic E-state index is -0.0733. The average Bonchev–Trinajstić information content (AvgIpc) is 3.53. The van der Waals surface area contributed by atoms with Crippen molar-refractivity contribution >= 4 is 23.2 Å². The number of nitrogens with one attached hydrogen (secondary N) is 2. The average molecular weight is 393 g/mol. The number of amides is 2. The van der Waals surface area contributed by atoms with Gasteiger partial charge in [0.1, 0.15) is 0 Å². The highest BCUT2D eigenvalue weighted by molar-refractivity contribution is 5.97. The molecule has 6 nitrogen and oxygen atoms in total. The summed E-state index contributed by atoms with van der Waals surface area (Å²) < 4.78 is 0. The molecule has 2 fully saturated rings. The summed E-state index contributed by atoms with van der Waals surface area (Å²) in [7, 11) is 0. The number of hydrogen-bond acceptors (Lipinski definition) is 4. The highest BCUT2D eigenvalue weighted by Crippen LogP contribution is 2.20. The molecule has 1 aliphatic carbocycles. The lowest BCUT2D eigenvalue weighted by Crippen LogP contribution is -2.48. The Kier molecular flexibility index (Phi) is 5.81. The van der Waals surface area contributed by atoms with Crippen LogP contribution in [-0.4, -0.2) is 55.5 Å². The number of carbonyl (C=O) groups excluding carboxylic acids is 2. The summed E-state index contributed by atoms with van der Waals surface area (Å²) in [4.78, 5) is 29.2. The first kappa shape index (κ1) is 19.5. The van der Waals surface area contributed by atoms with Crippen molar-refractivity contribution in [1.29, 1.82) is 0 Å². The molecule has 1 saturated carbocycles. The van der Waals surface area contributed by atoms with Crippen molar-refractivity contribution in [3.8, 4) is 0 Å². The van der Waals surface area contributed by atoms with Crippen LogP contribution in [0.25, 0.3) is 0 Å². The minimum Gasteiger partial charge on any atom is -0.369 e. The Balaban J connectivity index is 1.26. The first-order valence-corrected chi connectivity index (χ1v) is 10.3. The predicted molar refractivity (Wildman–Crippen MR) is 115 cm³/mol. The summed E-state index contributed by atoms with van der Waals surface area (Å²) in [5, 5.41) is 5.90. The highest BCUT2D eigenvalue weighted by atomic mass is 16.2. The van der Waals surface area contributed by atoms with Crippen LogP contribution in [0.4, 0.5) is 11.4 Å². The Hall–Kier alpha value is -2.86. The maximum absolute atomic E-state index is 12.5. The second kappa shape index (κ2) is 8.66. The van der Waals surface area contributed by atoms with Gasteiger partial charge in [-0.25, -0.2) is 0 Å². The fourth-order valence-electron chi connectivity index (χ4n) is 3.63. The van der Waals surface area contributed by atoms with Crippen molar-refractivity contribution in [3.05, 3.63) is 59.7 Å². The molecule has 2 amide bonds. The van der Waals surface area contributed by atoms with E-state index in [4.69, 9.17) is 0 Å². The van der Waals surface area contributed by atoms with Gasteiger partial charge in [-0.15, -0.1) is 0 Å². The second-order valence-electron chi connectivity index (χ2n) is 7.98. The van der Waals surface area contributed by atoms with E-state index in [1.54, 1.807) is 18.2 Å². The number of benzene rings is 2. The van der Waals surface area contributed by atoms with Crippen molar-refractivity contribution in [1.82, 2.24) is 10.2 Å². The number of anilines is 2. The van der Waals surface area contributed by atoms with E-state index in [1.807, 2.05) is 6.07 Å². The van der Waals surface area contributed by atoms with Crippen LogP contribution < -0.4 is 15.5 Å². The van der Waals surface area contributed by atoms with Crippen molar-refractivity contribution in [2.75, 3.05) is 42.9 Å². The van der Waals surface area contributed by atoms with Crippen LogP contribution >= 0.6 is 0 Å². The monoisotopic (exact) mass is 392 g/mol. The van der Waals surface area contributed by atoms with Gasteiger partial charge in [0.15, 0.2) is 0 Å². The molecule has 1 aliphatic heterocycles. The van der Waals surface area contributed by atoms with E-state index in [2.05, 4.69) is 51.6 Å². The number of nitrogens with zero attached hydrogens (tertiary/aromatic N) is 2. The van der Waals surface area contributed by atoms with Crippen LogP contribution in [-0.2, 0) is 4.79 Å². The normalized spacial score (nSPS) is 17.1. The molecule has 152 valence electrons. The van der Waals surface area contributed by atoms with Crippen LogP contribution in [0, 0.1) is 6.92 Å². The van der Waals surface area contributed by atoms with Gasteiger partial charge in [-0.3, -0.25) is 14.5 Å². The summed E-state index contributed by atoms with van der Waals surface area (Å²) in [5.41, 5.74) is 3.76. The van der Waals surface area contributed by atoms with Gasteiger partial charge < -0.3 is 15.5 Å². The zero-order valence-electron chi connectivity index (χ0n) is 16.9. The fraction of sp³-hybridized carbons (Fsp3) is 0.391. The number of rotatable bonds is 6. The van der Waals surface area contributed by atoms with E-state index < -0.39 is 0 Å². The van der Waals surface area contributed by atoms with Crippen molar-refractivity contribution in [3.63, 3.8) is 0 Å². The molecule has 2 aliphatic rings. The van der Waals surface area contributed by atoms with Gasteiger partial charge in [-0.2, -0.15) is 0 Å². The molecule has 2 aromatic rings. The number of hydrogen-bond donors (Lipinski definition) is 2. The first-order chi connectivity index (χ1) is 14.1. The van der Waals surface area contributed by atoms with Crippen LogP contribution in [0.15, 0.2) is 48.5 Å². The number of aryl methyl sites for hydroxylation is 1. The molecule has 1 heterocycles. The standard InChI is InChI=1S/C23H28N4O2/c1-17-4-2-7-21(14-17)27-12-10-26(11-13-27)16-22(28)24-20-6-3-5-18(15-20)23(29)25-19-8-9-19/h2-7,14-15,19H,8-13,16H2,1H3,(H,24,28)(H,25,29). The Bertz CT molecular complexity index is 886. The SMILES string of the molecule is Cc1cccc(N2CCN(CC(=O)Nc3cccc(C(=O)NC4CC4)c3)CC2)c1. The molecule has 2 N–H and O–H groups in total. The smallest absolute Gasteiger partial charge is 0.251 e. The molecule has 1 saturated heterocycles. The molecule has 6 heteroatoms. The van der Waals surface area contributed by atoms with Crippen LogP contribution in [0.1, 0.15) is 28.8 Å². The molecule has 0 radical (unpaired) electrons. The van der Waals surface area contributed by atoms with Gasteiger partial charge in [0.25, 0.3) is 5.91 Å². The number of carbonyl (C=O) groups is 2. The Morgan fingerprint density at radius 2 is 1.76 bits per heavy atom. The Morgan fingerprint density at radius 3 is 2.48 bits per heavy atom. The van der Waals surface area contributed by atoms with E-state index in [0.717, 1.165) is 39.0 Å². The van der Waals surface area contributed by atoms with Gasteiger partial charge >= 0.3 is 0 Å². The Labute approximate surface area is 171 Å². The molecule has 29 heavy (non-hydrogen) atoms. The summed E-state index contributed by atoms with van der Waals surface area (Å²) in [6.45, 7) is 5.99.